The highest BCUT2D eigenvalue weighted by Crippen LogP contribution is 2.41. The molecule has 204 valence electrons. The average molecular weight is 563 g/mol. The van der Waals surface area contributed by atoms with Crippen molar-refractivity contribution in [2.45, 2.75) is 20.0 Å². The Morgan fingerprint density at radius 3 is 2.54 bits per heavy atom. The molecule has 1 aliphatic rings. The molecular weight excluding hydrogens is 536 g/mol. The number of benzene rings is 3. The van der Waals surface area contributed by atoms with Gasteiger partial charge in [0.25, 0.3) is 5.91 Å². The Balaban J connectivity index is 1.47. The second-order valence-electron chi connectivity index (χ2n) is 9.69. The summed E-state index contributed by atoms with van der Waals surface area (Å²) in [4.78, 5) is 20.1. The molecule has 1 saturated heterocycles. The Bertz CT molecular complexity index is 1820. The molecule has 1 amide bonds. The van der Waals surface area contributed by atoms with E-state index in [9.17, 15) is 10.1 Å². The molecule has 41 heavy (non-hydrogen) atoms. The van der Waals surface area contributed by atoms with Crippen molar-refractivity contribution >= 4 is 49.9 Å². The van der Waals surface area contributed by atoms with Gasteiger partial charge in [0.15, 0.2) is 10.6 Å². The van der Waals surface area contributed by atoms with E-state index in [-0.39, 0.29) is 12.0 Å². The molecule has 0 saturated carbocycles. The zero-order valence-electron chi connectivity index (χ0n) is 22.6. The lowest BCUT2D eigenvalue weighted by Crippen LogP contribution is -2.40. The molecular formula is C31H26N6O3S. The topological polar surface area (TPSA) is 113 Å². The highest BCUT2D eigenvalue weighted by atomic mass is 32.1. The lowest BCUT2D eigenvalue weighted by Gasteiger charge is -2.28. The molecule has 10 heteroatoms. The molecule has 1 fully saturated rings. The molecule has 1 unspecified atom stereocenters. The minimum absolute atomic E-state index is 0.146. The predicted octanol–water partition coefficient (Wildman–Crippen LogP) is 7.05. The van der Waals surface area contributed by atoms with Crippen LogP contribution in [-0.4, -0.2) is 46.5 Å². The third-order valence-electron chi connectivity index (χ3n) is 7.08. The third kappa shape index (κ3) is 5.25. The van der Waals surface area contributed by atoms with Crippen LogP contribution in [0.1, 0.15) is 40.2 Å². The number of carbonyl (C=O) groups excluding carboxylic acids is 1. The first-order valence-electron chi connectivity index (χ1n) is 13.3. The number of hydrogen-bond acceptors (Lipinski definition) is 9. The van der Waals surface area contributed by atoms with Gasteiger partial charge in [-0.15, -0.1) is 10.2 Å². The van der Waals surface area contributed by atoms with Crippen LogP contribution >= 0.6 is 11.5 Å². The van der Waals surface area contributed by atoms with E-state index in [0.717, 1.165) is 27.9 Å². The number of ether oxygens (including phenoxy) is 2. The highest BCUT2D eigenvalue weighted by Gasteiger charge is 2.26. The predicted molar refractivity (Wildman–Crippen MR) is 157 cm³/mol. The van der Waals surface area contributed by atoms with E-state index in [2.05, 4.69) is 25.7 Å². The average Bonchev–Trinajstić information content (AvgIpc) is 3.41. The molecule has 0 radical (unpaired) electrons. The quantitative estimate of drug-likeness (QED) is 0.205. The standard InChI is InChI=1S/C31H26N6O3S/c1-19-22(18-32)16-26-29(33-19)36-41-30(26)35-34-27-17-25(31(38)37-12-14-39-15-13-37)28(24-11-7-6-10-23(24)27)40-20(2)21-8-4-3-5-9-21/h3-11,16-17,20H,12-15H2,1-2H3. The number of aromatic nitrogens is 2. The summed E-state index contributed by atoms with van der Waals surface area (Å²) in [6.45, 7) is 5.71. The molecule has 3 heterocycles. The molecule has 2 aromatic heterocycles. The van der Waals surface area contributed by atoms with E-state index in [1.807, 2.05) is 61.5 Å². The number of rotatable bonds is 6. The van der Waals surface area contributed by atoms with Crippen LogP contribution in [0.15, 0.2) is 77.0 Å². The Labute approximate surface area is 240 Å². The van der Waals surface area contributed by atoms with E-state index in [1.54, 1.807) is 24.0 Å². The number of nitriles is 1. The highest BCUT2D eigenvalue weighted by molar-refractivity contribution is 7.11. The van der Waals surface area contributed by atoms with Gasteiger partial charge in [0.2, 0.25) is 0 Å². The lowest BCUT2D eigenvalue weighted by atomic mass is 10.0. The second-order valence-corrected chi connectivity index (χ2v) is 10.4. The van der Waals surface area contributed by atoms with Gasteiger partial charge in [-0.3, -0.25) is 4.79 Å². The zero-order valence-corrected chi connectivity index (χ0v) is 23.4. The second kappa shape index (κ2) is 11.4. The maximum atomic E-state index is 13.9. The number of morpholine rings is 1. The molecule has 9 nitrogen and oxygen atoms in total. The van der Waals surface area contributed by atoms with Crippen molar-refractivity contribution < 1.29 is 14.3 Å². The van der Waals surface area contributed by atoms with Crippen LogP contribution in [0, 0.1) is 18.3 Å². The van der Waals surface area contributed by atoms with Gasteiger partial charge < -0.3 is 14.4 Å². The molecule has 3 aromatic carbocycles. The van der Waals surface area contributed by atoms with Crippen LogP contribution in [0.25, 0.3) is 21.8 Å². The van der Waals surface area contributed by atoms with Crippen molar-refractivity contribution in [2.75, 3.05) is 26.3 Å². The smallest absolute Gasteiger partial charge is 0.257 e. The van der Waals surface area contributed by atoms with Crippen molar-refractivity contribution in [3.8, 4) is 11.8 Å². The monoisotopic (exact) mass is 562 g/mol. The number of azo groups is 1. The summed E-state index contributed by atoms with van der Waals surface area (Å²) in [5, 5.41) is 21.3. The van der Waals surface area contributed by atoms with E-state index < -0.39 is 0 Å². The van der Waals surface area contributed by atoms with Crippen molar-refractivity contribution in [3.05, 3.63) is 89.1 Å². The van der Waals surface area contributed by atoms with E-state index >= 15 is 0 Å². The van der Waals surface area contributed by atoms with Crippen LogP contribution in [0.4, 0.5) is 10.7 Å². The number of amides is 1. The van der Waals surface area contributed by atoms with Gasteiger partial charge in [-0.05, 0) is 43.1 Å². The van der Waals surface area contributed by atoms with Crippen LogP contribution < -0.4 is 4.74 Å². The summed E-state index contributed by atoms with van der Waals surface area (Å²) in [6, 6.07) is 23.3. The van der Waals surface area contributed by atoms with Crippen LogP contribution in [0.5, 0.6) is 5.75 Å². The van der Waals surface area contributed by atoms with Crippen LogP contribution in [0.3, 0.4) is 0 Å². The minimum Gasteiger partial charge on any atom is -0.485 e. The lowest BCUT2D eigenvalue weighted by molar-refractivity contribution is 0.0299. The van der Waals surface area contributed by atoms with Crippen LogP contribution in [-0.2, 0) is 4.74 Å². The molecule has 0 aliphatic carbocycles. The van der Waals surface area contributed by atoms with Gasteiger partial charge in [0, 0.05) is 23.9 Å². The van der Waals surface area contributed by atoms with E-state index in [1.165, 1.54) is 0 Å². The van der Waals surface area contributed by atoms with Gasteiger partial charge in [-0.25, -0.2) is 4.98 Å². The molecule has 1 atom stereocenters. The molecule has 1 aliphatic heterocycles. The van der Waals surface area contributed by atoms with Crippen LogP contribution in [0.2, 0.25) is 0 Å². The number of hydrogen-bond donors (Lipinski definition) is 0. The number of carbonyl (C=O) groups is 1. The van der Waals surface area contributed by atoms with Crippen molar-refractivity contribution in [2.24, 2.45) is 10.2 Å². The number of fused-ring (bicyclic) bond motifs is 2. The summed E-state index contributed by atoms with van der Waals surface area (Å²) in [7, 11) is 0. The molecule has 6 rings (SSSR count). The Hall–Kier alpha value is -4.72. The molecule has 0 spiro atoms. The summed E-state index contributed by atoms with van der Waals surface area (Å²) in [5.74, 6) is 0.362. The third-order valence-corrected chi connectivity index (χ3v) is 7.82. The maximum absolute atomic E-state index is 13.9. The fourth-order valence-electron chi connectivity index (χ4n) is 4.84. The summed E-state index contributed by atoms with van der Waals surface area (Å²) < 4.78 is 16.4. The van der Waals surface area contributed by atoms with Gasteiger partial charge >= 0.3 is 0 Å². The normalized spacial score (nSPS) is 14.4. The van der Waals surface area contributed by atoms with Crippen molar-refractivity contribution in [1.82, 2.24) is 14.3 Å². The molecule has 5 aromatic rings. The van der Waals surface area contributed by atoms with Crippen molar-refractivity contribution in [3.63, 3.8) is 0 Å². The first kappa shape index (κ1) is 26.5. The molecule has 0 N–H and O–H groups in total. The van der Waals surface area contributed by atoms with Gasteiger partial charge in [-0.1, -0.05) is 54.6 Å². The first-order valence-corrected chi connectivity index (χ1v) is 14.0. The SMILES string of the molecule is Cc1nc2nsc(N=Nc3cc(C(=O)N4CCOCC4)c(OC(C)c4ccccc4)c4ccccc34)c2cc1C#N. The fraction of sp³-hybridized carbons (Fsp3) is 0.226. The maximum Gasteiger partial charge on any atom is 0.257 e. The number of aryl methyl sites for hydroxylation is 1. The minimum atomic E-state index is -0.294. The van der Waals surface area contributed by atoms with Gasteiger partial charge in [0.05, 0.1) is 41.1 Å². The largest absolute Gasteiger partial charge is 0.485 e. The fourth-order valence-corrected chi connectivity index (χ4v) is 5.48. The number of nitrogens with zero attached hydrogens (tertiary/aromatic N) is 6. The summed E-state index contributed by atoms with van der Waals surface area (Å²) in [5.41, 5.74) is 3.55. The number of pyridine rings is 1. The van der Waals surface area contributed by atoms with Crippen molar-refractivity contribution in [1.29, 1.82) is 5.26 Å². The summed E-state index contributed by atoms with van der Waals surface area (Å²) >= 11 is 1.16. The Morgan fingerprint density at radius 2 is 1.78 bits per heavy atom. The van der Waals surface area contributed by atoms with Gasteiger partial charge in [0.1, 0.15) is 17.9 Å². The zero-order chi connectivity index (χ0) is 28.3. The molecule has 0 bridgehead atoms. The van der Waals surface area contributed by atoms with Gasteiger partial charge in [-0.2, -0.15) is 9.64 Å². The van der Waals surface area contributed by atoms with E-state index in [4.69, 9.17) is 9.47 Å². The summed E-state index contributed by atoms with van der Waals surface area (Å²) in [6.07, 6.45) is -0.294. The Kier molecular flexibility index (Phi) is 7.37. The van der Waals surface area contributed by atoms with E-state index in [0.29, 0.717) is 70.6 Å². The Morgan fingerprint density at radius 1 is 1.05 bits per heavy atom. The first-order chi connectivity index (χ1) is 20.0.